The number of hydrogen-bond donors (Lipinski definition) is 1. The highest BCUT2D eigenvalue weighted by atomic mass is 32.1. The Kier molecular flexibility index (Phi) is 2.20. The number of H-pyrrole nitrogens is 1. The molecule has 2 heterocycles. The Labute approximate surface area is 84.7 Å². The minimum atomic E-state index is 0.707. The van der Waals surface area contributed by atoms with Crippen molar-refractivity contribution in [1.82, 2.24) is 14.3 Å². The van der Waals surface area contributed by atoms with E-state index < -0.39 is 0 Å². The molecule has 0 unspecified atom stereocenters. The molecule has 0 bridgehead atoms. The largest absolute Gasteiger partial charge is 0.337 e. The monoisotopic (exact) mass is 209 g/mol. The highest BCUT2D eigenvalue weighted by molar-refractivity contribution is 7.71. The number of nitrogens with zero attached hydrogens (tertiary/aromatic N) is 2. The zero-order valence-corrected chi connectivity index (χ0v) is 8.58. The molecule has 0 spiro atoms. The normalized spacial score (nSPS) is 10.2. The number of hydrogen-bond acceptors (Lipinski definition) is 4. The first-order chi connectivity index (χ1) is 6.27. The van der Waals surface area contributed by atoms with E-state index in [1.54, 1.807) is 12.5 Å². The lowest BCUT2D eigenvalue weighted by molar-refractivity contribution is 1.16. The van der Waals surface area contributed by atoms with Gasteiger partial charge in [-0.3, -0.25) is 0 Å². The Morgan fingerprint density at radius 1 is 1.54 bits per heavy atom. The van der Waals surface area contributed by atoms with Gasteiger partial charge in [-0.1, -0.05) is 12.2 Å². The molecule has 5 heteroatoms. The maximum absolute atomic E-state index is 5.13. The Hall–Kier alpha value is -1.07. The van der Waals surface area contributed by atoms with Gasteiger partial charge in [0.25, 0.3) is 0 Å². The molecule has 0 fully saturated rings. The van der Waals surface area contributed by atoms with Gasteiger partial charge in [0.05, 0.1) is 16.9 Å². The number of aryl methyl sites for hydroxylation is 1. The van der Waals surface area contributed by atoms with Crippen molar-refractivity contribution in [3.05, 3.63) is 28.9 Å². The van der Waals surface area contributed by atoms with Crippen LogP contribution in [0, 0.1) is 11.6 Å². The molecule has 2 aromatic rings. The fourth-order valence-corrected chi connectivity index (χ4v) is 2.06. The summed E-state index contributed by atoms with van der Waals surface area (Å²) in [6, 6.07) is 2.01. The smallest absolute Gasteiger partial charge is 0.114 e. The second-order valence-corrected chi connectivity index (χ2v) is 3.84. The summed E-state index contributed by atoms with van der Waals surface area (Å²) in [5.41, 5.74) is 1.96. The van der Waals surface area contributed by atoms with E-state index >= 15 is 0 Å². The quantitative estimate of drug-likeness (QED) is 0.734. The number of rotatable bonds is 1. The van der Waals surface area contributed by atoms with Crippen molar-refractivity contribution in [2.24, 2.45) is 0 Å². The molecule has 0 saturated heterocycles. The van der Waals surface area contributed by atoms with Crippen molar-refractivity contribution >= 4 is 23.8 Å². The molecule has 0 atom stereocenters. The van der Waals surface area contributed by atoms with Gasteiger partial charge in [-0.25, -0.2) is 4.98 Å². The zero-order valence-electron chi connectivity index (χ0n) is 6.94. The predicted molar refractivity (Wildman–Crippen MR) is 55.3 cm³/mol. The van der Waals surface area contributed by atoms with Crippen LogP contribution >= 0.6 is 23.8 Å². The molecule has 0 saturated carbocycles. The summed E-state index contributed by atoms with van der Waals surface area (Å²) in [5.74, 6) is 0. The summed E-state index contributed by atoms with van der Waals surface area (Å²) in [6.07, 6.45) is 3.34. The average molecular weight is 209 g/mol. The third kappa shape index (κ3) is 1.66. The van der Waals surface area contributed by atoms with E-state index in [0.29, 0.717) is 4.64 Å². The van der Waals surface area contributed by atoms with E-state index in [-0.39, 0.29) is 0 Å². The molecule has 2 aromatic heterocycles. The molecular formula is C8H7N3S2. The van der Waals surface area contributed by atoms with Crippen molar-refractivity contribution < 1.29 is 0 Å². The summed E-state index contributed by atoms with van der Waals surface area (Å²) in [5, 5.41) is 0. The molecule has 1 N–H and O–H groups in total. The predicted octanol–water partition coefficient (Wildman–Crippen LogP) is 2.57. The van der Waals surface area contributed by atoms with Crippen LogP contribution in [-0.4, -0.2) is 14.3 Å². The van der Waals surface area contributed by atoms with Crippen molar-refractivity contribution in [2.75, 3.05) is 0 Å². The van der Waals surface area contributed by atoms with Gasteiger partial charge >= 0.3 is 0 Å². The molecule has 66 valence electrons. The molecule has 0 radical (unpaired) electrons. The fourth-order valence-electron chi connectivity index (χ4n) is 1.01. The van der Waals surface area contributed by atoms with Crippen LogP contribution in [0.5, 0.6) is 0 Å². The standard InChI is InChI=1S/C8H7N3S2/c1-5-2-7(13-11-5)6-3-9-4-10-8(6)12/h2-4H,1H3,(H,9,10,12). The Morgan fingerprint density at radius 3 is 3.00 bits per heavy atom. The summed E-state index contributed by atoms with van der Waals surface area (Å²) in [6.45, 7) is 1.96. The van der Waals surface area contributed by atoms with Gasteiger partial charge in [0.2, 0.25) is 0 Å². The van der Waals surface area contributed by atoms with E-state index in [0.717, 1.165) is 16.1 Å². The van der Waals surface area contributed by atoms with Crippen LogP contribution in [0.25, 0.3) is 10.4 Å². The molecule has 2 rings (SSSR count). The second kappa shape index (κ2) is 3.35. The minimum Gasteiger partial charge on any atom is -0.337 e. The summed E-state index contributed by atoms with van der Waals surface area (Å²) in [7, 11) is 0. The van der Waals surface area contributed by atoms with Crippen molar-refractivity contribution in [1.29, 1.82) is 0 Å². The van der Waals surface area contributed by atoms with Gasteiger partial charge < -0.3 is 4.98 Å². The topological polar surface area (TPSA) is 41.6 Å². The van der Waals surface area contributed by atoms with E-state index in [9.17, 15) is 0 Å². The number of aromatic nitrogens is 3. The highest BCUT2D eigenvalue weighted by Crippen LogP contribution is 2.23. The van der Waals surface area contributed by atoms with Gasteiger partial charge in [-0.05, 0) is 24.5 Å². The average Bonchev–Trinajstić information content (AvgIpc) is 2.53. The van der Waals surface area contributed by atoms with Gasteiger partial charge in [-0.2, -0.15) is 4.37 Å². The Bertz CT molecular complexity index is 472. The highest BCUT2D eigenvalue weighted by Gasteiger charge is 2.03. The zero-order chi connectivity index (χ0) is 9.26. The first kappa shape index (κ1) is 8.52. The van der Waals surface area contributed by atoms with Gasteiger partial charge in [-0.15, -0.1) is 0 Å². The lowest BCUT2D eigenvalue weighted by Crippen LogP contribution is -1.81. The summed E-state index contributed by atoms with van der Waals surface area (Å²) in [4.78, 5) is 7.94. The van der Waals surface area contributed by atoms with Gasteiger partial charge in [0.15, 0.2) is 0 Å². The molecule has 0 amide bonds. The van der Waals surface area contributed by atoms with E-state index in [4.69, 9.17) is 12.2 Å². The fraction of sp³-hybridized carbons (Fsp3) is 0.125. The van der Waals surface area contributed by atoms with Crippen molar-refractivity contribution in [3.8, 4) is 10.4 Å². The maximum Gasteiger partial charge on any atom is 0.114 e. The molecule has 0 aliphatic heterocycles. The number of nitrogens with one attached hydrogen (secondary N) is 1. The van der Waals surface area contributed by atoms with Crippen LogP contribution in [0.3, 0.4) is 0 Å². The van der Waals surface area contributed by atoms with Crippen molar-refractivity contribution in [3.63, 3.8) is 0 Å². The van der Waals surface area contributed by atoms with Crippen LogP contribution in [0.2, 0.25) is 0 Å². The third-order valence-corrected chi connectivity index (χ3v) is 2.86. The molecular weight excluding hydrogens is 202 g/mol. The van der Waals surface area contributed by atoms with Crippen LogP contribution in [-0.2, 0) is 0 Å². The minimum absolute atomic E-state index is 0.707. The molecule has 0 aromatic carbocycles. The molecule has 0 aliphatic rings. The van der Waals surface area contributed by atoms with E-state index in [1.165, 1.54) is 11.5 Å². The van der Waals surface area contributed by atoms with Gasteiger partial charge in [0.1, 0.15) is 4.64 Å². The van der Waals surface area contributed by atoms with E-state index in [2.05, 4.69) is 14.3 Å². The SMILES string of the molecule is Cc1cc(-c2cnc[nH]c2=S)sn1. The second-order valence-electron chi connectivity index (χ2n) is 2.63. The lowest BCUT2D eigenvalue weighted by atomic mass is 10.3. The van der Waals surface area contributed by atoms with Gasteiger partial charge in [0, 0.05) is 11.8 Å². The maximum atomic E-state index is 5.13. The Morgan fingerprint density at radius 2 is 2.38 bits per heavy atom. The number of aromatic amines is 1. The molecule has 3 nitrogen and oxygen atoms in total. The summed E-state index contributed by atoms with van der Waals surface area (Å²) >= 11 is 6.57. The first-order valence-corrected chi connectivity index (χ1v) is 4.92. The van der Waals surface area contributed by atoms with Crippen LogP contribution in [0.15, 0.2) is 18.6 Å². The van der Waals surface area contributed by atoms with Crippen molar-refractivity contribution in [2.45, 2.75) is 6.92 Å². The van der Waals surface area contributed by atoms with Crippen LogP contribution < -0.4 is 0 Å². The van der Waals surface area contributed by atoms with Crippen LogP contribution in [0.4, 0.5) is 0 Å². The lowest BCUT2D eigenvalue weighted by Gasteiger charge is -1.93. The first-order valence-electron chi connectivity index (χ1n) is 3.74. The molecule has 13 heavy (non-hydrogen) atoms. The Balaban J connectivity index is 2.59. The summed E-state index contributed by atoms with van der Waals surface area (Å²) < 4.78 is 4.89. The molecule has 0 aliphatic carbocycles. The van der Waals surface area contributed by atoms with Crippen LogP contribution in [0.1, 0.15) is 5.69 Å². The van der Waals surface area contributed by atoms with E-state index in [1.807, 2.05) is 13.0 Å². The third-order valence-electron chi connectivity index (χ3n) is 1.61.